The Hall–Kier alpha value is -2.64. The number of hydrogen-bond acceptors (Lipinski definition) is 6. The molecular weight excluding hydrogens is 276 g/mol. The molecule has 2 aromatic rings. The van der Waals surface area contributed by atoms with Crippen molar-refractivity contribution in [2.75, 3.05) is 12.4 Å². The summed E-state index contributed by atoms with van der Waals surface area (Å²) in [5, 5.41) is 13.9. The molecule has 1 heterocycles. The lowest BCUT2D eigenvalue weighted by molar-refractivity contribution is -0.384. The van der Waals surface area contributed by atoms with E-state index in [9.17, 15) is 14.9 Å². The van der Waals surface area contributed by atoms with Crippen molar-refractivity contribution in [2.24, 2.45) is 5.92 Å². The van der Waals surface area contributed by atoms with Crippen molar-refractivity contribution >= 4 is 28.6 Å². The smallest absolute Gasteiger partial charge is 0.308 e. The highest BCUT2D eigenvalue weighted by molar-refractivity contribution is 5.80. The molecule has 8 heteroatoms. The number of carbonyl (C=O) groups is 1. The van der Waals surface area contributed by atoms with E-state index in [0.29, 0.717) is 29.8 Å². The summed E-state index contributed by atoms with van der Waals surface area (Å²) in [5.41, 5.74) is 1.29. The number of H-pyrrole nitrogens is 1. The van der Waals surface area contributed by atoms with Crippen LogP contribution in [0.25, 0.3) is 11.0 Å². The summed E-state index contributed by atoms with van der Waals surface area (Å²) in [7, 11) is 1.38. The molecule has 1 aliphatic rings. The van der Waals surface area contributed by atoms with Crippen molar-refractivity contribution < 1.29 is 14.5 Å². The van der Waals surface area contributed by atoms with Gasteiger partial charge in [-0.1, -0.05) is 0 Å². The number of nitrogens with one attached hydrogen (secondary N) is 2. The number of nitro benzene ring substituents is 1. The summed E-state index contributed by atoms with van der Waals surface area (Å²) >= 11 is 0. The van der Waals surface area contributed by atoms with E-state index in [1.165, 1.54) is 19.2 Å². The molecule has 0 spiro atoms. The van der Waals surface area contributed by atoms with E-state index in [4.69, 9.17) is 0 Å². The molecule has 3 rings (SSSR count). The van der Waals surface area contributed by atoms with Gasteiger partial charge in [-0.05, 0) is 18.9 Å². The van der Waals surface area contributed by atoms with E-state index in [2.05, 4.69) is 20.0 Å². The van der Waals surface area contributed by atoms with Crippen molar-refractivity contribution in [1.29, 1.82) is 0 Å². The first-order chi connectivity index (χ1) is 10.1. The van der Waals surface area contributed by atoms with E-state index in [1.54, 1.807) is 6.07 Å². The Morgan fingerprint density at radius 1 is 1.52 bits per heavy atom. The number of nitrogens with zero attached hydrogens (tertiary/aromatic N) is 2. The third-order valence-electron chi connectivity index (χ3n) is 3.69. The predicted molar refractivity (Wildman–Crippen MR) is 74.9 cm³/mol. The molecular formula is C13H14N4O4. The first-order valence-corrected chi connectivity index (χ1v) is 6.55. The fourth-order valence-corrected chi connectivity index (χ4v) is 2.47. The average Bonchev–Trinajstić information content (AvgIpc) is 2.82. The first kappa shape index (κ1) is 13.3. The number of aromatic amines is 1. The molecule has 1 aliphatic carbocycles. The van der Waals surface area contributed by atoms with Gasteiger partial charge in [0.1, 0.15) is 0 Å². The van der Waals surface area contributed by atoms with Crippen LogP contribution in [-0.4, -0.2) is 34.0 Å². The molecule has 0 radical (unpaired) electrons. The Morgan fingerprint density at radius 3 is 2.95 bits per heavy atom. The van der Waals surface area contributed by atoms with E-state index in [-0.39, 0.29) is 23.6 Å². The summed E-state index contributed by atoms with van der Waals surface area (Å²) in [6.07, 6.45) is 1.40. The number of imidazole rings is 1. The maximum Gasteiger partial charge on any atom is 0.308 e. The molecule has 2 N–H and O–H groups in total. The lowest BCUT2D eigenvalue weighted by Gasteiger charge is -2.33. The molecule has 0 bridgehead atoms. The van der Waals surface area contributed by atoms with Gasteiger partial charge in [0.2, 0.25) is 5.95 Å². The maximum atomic E-state index is 11.3. The van der Waals surface area contributed by atoms with E-state index < -0.39 is 4.92 Å². The Morgan fingerprint density at radius 2 is 2.29 bits per heavy atom. The van der Waals surface area contributed by atoms with Crippen LogP contribution < -0.4 is 5.32 Å². The van der Waals surface area contributed by atoms with Crippen molar-refractivity contribution in [3.63, 3.8) is 0 Å². The van der Waals surface area contributed by atoms with Crippen molar-refractivity contribution in [1.82, 2.24) is 9.97 Å². The van der Waals surface area contributed by atoms with Gasteiger partial charge in [0.25, 0.3) is 5.69 Å². The topological polar surface area (TPSA) is 110 Å². The Labute approximate surface area is 119 Å². The highest BCUT2D eigenvalue weighted by Gasteiger charge is 2.35. The van der Waals surface area contributed by atoms with Gasteiger partial charge in [-0.15, -0.1) is 0 Å². The van der Waals surface area contributed by atoms with Gasteiger partial charge >= 0.3 is 5.97 Å². The molecule has 0 saturated heterocycles. The number of benzene rings is 1. The van der Waals surface area contributed by atoms with Crippen LogP contribution in [0.3, 0.4) is 0 Å². The standard InChI is InChI=1S/C13H14N4O4/c1-21-12(18)7-4-8(5-7)14-13-15-10-3-2-9(17(19)20)6-11(10)16-13/h2-3,6-8H,4-5H2,1H3,(H2,14,15,16). The van der Waals surface area contributed by atoms with Crippen molar-refractivity contribution in [2.45, 2.75) is 18.9 Å². The summed E-state index contributed by atoms with van der Waals surface area (Å²) in [6, 6.07) is 4.63. The Balaban J connectivity index is 1.69. The lowest BCUT2D eigenvalue weighted by atomic mass is 9.80. The van der Waals surface area contributed by atoms with Gasteiger partial charge in [-0.25, -0.2) is 4.98 Å². The number of methoxy groups -OCH3 is 1. The van der Waals surface area contributed by atoms with Gasteiger partial charge < -0.3 is 15.0 Å². The molecule has 0 aliphatic heterocycles. The monoisotopic (exact) mass is 290 g/mol. The second-order valence-corrected chi connectivity index (χ2v) is 5.08. The minimum Gasteiger partial charge on any atom is -0.469 e. The highest BCUT2D eigenvalue weighted by atomic mass is 16.6. The van der Waals surface area contributed by atoms with Crippen LogP contribution in [0.1, 0.15) is 12.8 Å². The van der Waals surface area contributed by atoms with Gasteiger partial charge in [-0.2, -0.15) is 0 Å². The highest BCUT2D eigenvalue weighted by Crippen LogP contribution is 2.31. The molecule has 21 heavy (non-hydrogen) atoms. The molecule has 8 nitrogen and oxygen atoms in total. The molecule has 0 unspecified atom stereocenters. The van der Waals surface area contributed by atoms with Crippen LogP contribution in [0.5, 0.6) is 0 Å². The van der Waals surface area contributed by atoms with E-state index >= 15 is 0 Å². The van der Waals surface area contributed by atoms with Crippen LogP contribution in [0.4, 0.5) is 11.6 Å². The molecule has 0 amide bonds. The number of rotatable bonds is 4. The van der Waals surface area contributed by atoms with Crippen LogP contribution in [0, 0.1) is 16.0 Å². The fraction of sp³-hybridized carbons (Fsp3) is 0.385. The van der Waals surface area contributed by atoms with Crippen LogP contribution in [0.2, 0.25) is 0 Å². The lowest BCUT2D eigenvalue weighted by Crippen LogP contribution is -2.40. The largest absolute Gasteiger partial charge is 0.469 e. The summed E-state index contributed by atoms with van der Waals surface area (Å²) < 4.78 is 4.68. The van der Waals surface area contributed by atoms with Gasteiger partial charge in [0.15, 0.2) is 0 Å². The zero-order chi connectivity index (χ0) is 15.0. The third-order valence-corrected chi connectivity index (χ3v) is 3.69. The second kappa shape index (κ2) is 5.04. The number of aromatic nitrogens is 2. The average molecular weight is 290 g/mol. The Kier molecular flexibility index (Phi) is 3.20. The number of fused-ring (bicyclic) bond motifs is 1. The van der Waals surface area contributed by atoms with E-state index in [1.807, 2.05) is 0 Å². The van der Waals surface area contributed by atoms with Gasteiger partial charge in [0.05, 0.1) is 29.0 Å². The number of carbonyl (C=O) groups excluding carboxylic acids is 1. The summed E-state index contributed by atoms with van der Waals surface area (Å²) in [6.45, 7) is 0. The minimum absolute atomic E-state index is 0.0205. The van der Waals surface area contributed by atoms with Gasteiger partial charge in [0, 0.05) is 18.2 Å². The number of non-ortho nitro benzene ring substituents is 1. The fourth-order valence-electron chi connectivity index (χ4n) is 2.47. The predicted octanol–water partition coefficient (Wildman–Crippen LogP) is 1.83. The summed E-state index contributed by atoms with van der Waals surface area (Å²) in [5.74, 6) is 0.310. The van der Waals surface area contributed by atoms with Crippen molar-refractivity contribution in [3.05, 3.63) is 28.3 Å². The third kappa shape index (κ3) is 2.51. The number of anilines is 1. The number of esters is 1. The van der Waals surface area contributed by atoms with Crippen LogP contribution in [0.15, 0.2) is 18.2 Å². The van der Waals surface area contributed by atoms with E-state index in [0.717, 1.165) is 0 Å². The Bertz CT molecular complexity index is 705. The molecule has 1 fully saturated rings. The second-order valence-electron chi connectivity index (χ2n) is 5.08. The molecule has 1 aromatic heterocycles. The number of hydrogen-bond donors (Lipinski definition) is 2. The molecule has 0 atom stereocenters. The maximum absolute atomic E-state index is 11.3. The minimum atomic E-state index is -0.444. The normalized spacial score (nSPS) is 20.8. The van der Waals surface area contributed by atoms with Crippen LogP contribution in [-0.2, 0) is 9.53 Å². The van der Waals surface area contributed by atoms with Gasteiger partial charge in [-0.3, -0.25) is 14.9 Å². The number of nitro groups is 1. The van der Waals surface area contributed by atoms with Crippen molar-refractivity contribution in [3.8, 4) is 0 Å². The van der Waals surface area contributed by atoms with Crippen LogP contribution >= 0.6 is 0 Å². The zero-order valence-electron chi connectivity index (χ0n) is 11.3. The quantitative estimate of drug-likeness (QED) is 0.505. The summed E-state index contributed by atoms with van der Waals surface area (Å²) in [4.78, 5) is 28.9. The zero-order valence-corrected chi connectivity index (χ0v) is 11.3. The molecule has 1 saturated carbocycles. The first-order valence-electron chi connectivity index (χ1n) is 6.55. The number of ether oxygens (including phenoxy) is 1. The molecule has 110 valence electrons. The molecule has 1 aromatic carbocycles. The SMILES string of the molecule is COC(=O)C1CC(Nc2nc3ccc([N+](=O)[O-])cc3[nH]2)C1.